The first kappa shape index (κ1) is 10.8. The molecular formula is C10H18N4. The van der Waals surface area contributed by atoms with E-state index < -0.39 is 0 Å². The van der Waals surface area contributed by atoms with Crippen LogP contribution in [0.15, 0.2) is 18.2 Å². The number of rotatable bonds is 5. The maximum atomic E-state index is 5.27. The van der Waals surface area contributed by atoms with Crippen LogP contribution in [0.4, 0.5) is 11.6 Å². The predicted molar refractivity (Wildman–Crippen MR) is 60.0 cm³/mol. The summed E-state index contributed by atoms with van der Waals surface area (Å²) in [4.78, 5) is 4.28. The van der Waals surface area contributed by atoms with Crippen molar-refractivity contribution in [2.75, 3.05) is 10.7 Å². The number of nitrogen functional groups attached to an aromatic ring is 1. The summed E-state index contributed by atoms with van der Waals surface area (Å²) in [6, 6.07) is 6.18. The molecule has 1 aromatic heterocycles. The van der Waals surface area contributed by atoms with Gasteiger partial charge >= 0.3 is 0 Å². The van der Waals surface area contributed by atoms with E-state index in [2.05, 4.69) is 29.6 Å². The van der Waals surface area contributed by atoms with Gasteiger partial charge in [0.15, 0.2) is 0 Å². The van der Waals surface area contributed by atoms with E-state index in [4.69, 9.17) is 5.84 Å². The second-order valence-electron chi connectivity index (χ2n) is 3.21. The predicted octanol–water partition coefficient (Wildman–Crippen LogP) is 1.97. The standard InChI is InChI=1S/C10H18N4/c1-3-8(4-2)12-9-6-5-7-10(13-9)14-11/h5-8H,3-4,11H2,1-2H3,(H2,12,13,14). The van der Waals surface area contributed by atoms with Crippen LogP contribution in [0.5, 0.6) is 0 Å². The molecule has 0 unspecified atom stereocenters. The summed E-state index contributed by atoms with van der Waals surface area (Å²) < 4.78 is 0. The van der Waals surface area contributed by atoms with Gasteiger partial charge in [-0.15, -0.1) is 0 Å². The molecule has 14 heavy (non-hydrogen) atoms. The average molecular weight is 194 g/mol. The molecule has 0 aliphatic heterocycles. The lowest BCUT2D eigenvalue weighted by Gasteiger charge is -2.15. The summed E-state index contributed by atoms with van der Waals surface area (Å²) in [6.45, 7) is 4.32. The molecule has 4 N–H and O–H groups in total. The molecule has 1 rings (SSSR count). The Morgan fingerprint density at radius 1 is 1.29 bits per heavy atom. The molecule has 1 aromatic rings. The zero-order chi connectivity index (χ0) is 10.4. The van der Waals surface area contributed by atoms with Gasteiger partial charge < -0.3 is 10.7 Å². The van der Waals surface area contributed by atoms with Crippen LogP contribution >= 0.6 is 0 Å². The first-order valence-corrected chi connectivity index (χ1v) is 5.00. The molecule has 0 fully saturated rings. The number of aromatic nitrogens is 1. The number of hydrazine groups is 1. The third-order valence-corrected chi connectivity index (χ3v) is 2.23. The van der Waals surface area contributed by atoms with Crippen LogP contribution in [0.25, 0.3) is 0 Å². The molecule has 0 saturated carbocycles. The maximum absolute atomic E-state index is 5.27. The van der Waals surface area contributed by atoms with E-state index in [9.17, 15) is 0 Å². The van der Waals surface area contributed by atoms with E-state index in [1.165, 1.54) is 0 Å². The van der Waals surface area contributed by atoms with Crippen molar-refractivity contribution in [1.29, 1.82) is 0 Å². The average Bonchev–Trinajstić information content (AvgIpc) is 2.26. The van der Waals surface area contributed by atoms with Crippen molar-refractivity contribution in [3.8, 4) is 0 Å². The topological polar surface area (TPSA) is 63.0 Å². The zero-order valence-corrected chi connectivity index (χ0v) is 8.75. The molecule has 0 amide bonds. The zero-order valence-electron chi connectivity index (χ0n) is 8.75. The number of anilines is 2. The molecule has 0 aliphatic rings. The minimum atomic E-state index is 0.482. The molecular weight excluding hydrogens is 176 g/mol. The largest absolute Gasteiger partial charge is 0.367 e. The highest BCUT2D eigenvalue weighted by Gasteiger charge is 2.03. The van der Waals surface area contributed by atoms with Gasteiger partial charge in [-0.2, -0.15) is 0 Å². The summed E-state index contributed by atoms with van der Waals surface area (Å²) in [7, 11) is 0. The van der Waals surface area contributed by atoms with Gasteiger partial charge in [0.05, 0.1) is 0 Å². The van der Waals surface area contributed by atoms with Crippen LogP contribution < -0.4 is 16.6 Å². The first-order chi connectivity index (χ1) is 6.80. The van der Waals surface area contributed by atoms with Crippen LogP contribution in [0.2, 0.25) is 0 Å². The fourth-order valence-electron chi connectivity index (χ4n) is 1.30. The number of hydrogen-bond acceptors (Lipinski definition) is 4. The molecule has 4 heteroatoms. The number of pyridine rings is 1. The Kier molecular flexibility index (Phi) is 4.19. The van der Waals surface area contributed by atoms with Crippen molar-refractivity contribution in [3.05, 3.63) is 18.2 Å². The molecule has 0 atom stereocenters. The third kappa shape index (κ3) is 2.88. The maximum Gasteiger partial charge on any atom is 0.142 e. The summed E-state index contributed by atoms with van der Waals surface area (Å²) in [5.41, 5.74) is 2.53. The Morgan fingerprint density at radius 2 is 1.93 bits per heavy atom. The van der Waals surface area contributed by atoms with Gasteiger partial charge in [-0.25, -0.2) is 10.8 Å². The lowest BCUT2D eigenvalue weighted by Crippen LogP contribution is -2.18. The Hall–Kier alpha value is -1.29. The molecule has 78 valence electrons. The second-order valence-corrected chi connectivity index (χ2v) is 3.21. The number of nitrogens with zero attached hydrogens (tertiary/aromatic N) is 1. The fraction of sp³-hybridized carbons (Fsp3) is 0.500. The first-order valence-electron chi connectivity index (χ1n) is 5.00. The summed E-state index contributed by atoms with van der Waals surface area (Å²) in [5.74, 6) is 6.83. The van der Waals surface area contributed by atoms with Crippen molar-refractivity contribution < 1.29 is 0 Å². The van der Waals surface area contributed by atoms with E-state index in [-0.39, 0.29) is 0 Å². The molecule has 0 bridgehead atoms. The van der Waals surface area contributed by atoms with Crippen molar-refractivity contribution in [1.82, 2.24) is 4.98 Å². The van der Waals surface area contributed by atoms with Crippen LogP contribution in [0, 0.1) is 0 Å². The van der Waals surface area contributed by atoms with Crippen LogP contribution in [-0.2, 0) is 0 Å². The van der Waals surface area contributed by atoms with Gasteiger partial charge in [0, 0.05) is 6.04 Å². The molecule has 0 aliphatic carbocycles. The second kappa shape index (κ2) is 5.44. The minimum absolute atomic E-state index is 0.482. The lowest BCUT2D eigenvalue weighted by molar-refractivity contribution is 0.669. The quantitative estimate of drug-likeness (QED) is 0.495. The van der Waals surface area contributed by atoms with Gasteiger partial charge in [-0.1, -0.05) is 19.9 Å². The van der Waals surface area contributed by atoms with E-state index in [1.54, 1.807) is 0 Å². The van der Waals surface area contributed by atoms with Gasteiger partial charge in [-0.05, 0) is 25.0 Å². The third-order valence-electron chi connectivity index (χ3n) is 2.23. The SMILES string of the molecule is CCC(CC)Nc1cccc(NN)n1. The summed E-state index contributed by atoms with van der Waals surface area (Å²) in [5, 5.41) is 3.35. The monoisotopic (exact) mass is 194 g/mol. The minimum Gasteiger partial charge on any atom is -0.367 e. The highest BCUT2D eigenvalue weighted by molar-refractivity contribution is 5.44. The number of hydrogen-bond donors (Lipinski definition) is 3. The Balaban J connectivity index is 2.65. The molecule has 0 radical (unpaired) electrons. The van der Waals surface area contributed by atoms with Gasteiger partial charge in [0.2, 0.25) is 0 Å². The van der Waals surface area contributed by atoms with Crippen LogP contribution in [0.3, 0.4) is 0 Å². The van der Waals surface area contributed by atoms with Gasteiger partial charge in [0.1, 0.15) is 11.6 Å². The normalized spacial score (nSPS) is 10.3. The highest BCUT2D eigenvalue weighted by atomic mass is 15.3. The molecule has 0 aromatic carbocycles. The van der Waals surface area contributed by atoms with E-state index in [0.717, 1.165) is 18.7 Å². The molecule has 1 heterocycles. The number of nitrogens with two attached hydrogens (primary N) is 1. The van der Waals surface area contributed by atoms with E-state index in [0.29, 0.717) is 11.9 Å². The van der Waals surface area contributed by atoms with Crippen molar-refractivity contribution in [3.63, 3.8) is 0 Å². The van der Waals surface area contributed by atoms with Crippen LogP contribution in [-0.4, -0.2) is 11.0 Å². The molecule has 4 nitrogen and oxygen atoms in total. The van der Waals surface area contributed by atoms with E-state index in [1.807, 2.05) is 18.2 Å². The Bertz CT molecular complexity index is 271. The van der Waals surface area contributed by atoms with Crippen molar-refractivity contribution >= 4 is 11.6 Å². The highest BCUT2D eigenvalue weighted by Crippen LogP contribution is 2.11. The Morgan fingerprint density at radius 3 is 2.50 bits per heavy atom. The fourth-order valence-corrected chi connectivity index (χ4v) is 1.30. The van der Waals surface area contributed by atoms with Gasteiger partial charge in [0.25, 0.3) is 0 Å². The molecule has 0 spiro atoms. The smallest absolute Gasteiger partial charge is 0.142 e. The molecule has 0 saturated heterocycles. The Labute approximate surface area is 84.9 Å². The number of nitrogens with one attached hydrogen (secondary N) is 2. The van der Waals surface area contributed by atoms with Crippen LogP contribution in [0.1, 0.15) is 26.7 Å². The van der Waals surface area contributed by atoms with Crippen molar-refractivity contribution in [2.24, 2.45) is 5.84 Å². The summed E-state index contributed by atoms with van der Waals surface area (Å²) >= 11 is 0. The van der Waals surface area contributed by atoms with E-state index >= 15 is 0 Å². The summed E-state index contributed by atoms with van der Waals surface area (Å²) in [6.07, 6.45) is 2.19. The lowest BCUT2D eigenvalue weighted by atomic mass is 10.2. The van der Waals surface area contributed by atoms with Gasteiger partial charge in [-0.3, -0.25) is 0 Å². The van der Waals surface area contributed by atoms with Crippen molar-refractivity contribution in [2.45, 2.75) is 32.7 Å².